The van der Waals surface area contributed by atoms with Gasteiger partial charge in [-0.15, -0.1) is 23.6 Å². The quantitative estimate of drug-likeness (QED) is 0.318. The standard InChI is InChI=1S/C13H8NS.C7H10.Ir/c1-2-7-12-10(5-1)9-13(15-12)11-6-3-4-8-14-11;1-6(2)5-7(3)4;/h1-8H;1,5H,3H2,2,4H3;/q-1;-2;+3/b;7-5+;. The Morgan fingerprint density at radius 3 is 2.39 bits per heavy atom. The smallest absolute Gasteiger partial charge is 0.303 e. The predicted octanol–water partition coefficient (Wildman–Crippen LogP) is 5.91. The third-order valence-corrected chi connectivity index (χ3v) is 3.81. The van der Waals surface area contributed by atoms with Crippen molar-refractivity contribution in [3.05, 3.63) is 85.5 Å². The summed E-state index contributed by atoms with van der Waals surface area (Å²) in [7, 11) is 0. The van der Waals surface area contributed by atoms with Crippen LogP contribution in [0.25, 0.3) is 20.7 Å². The second-order valence-electron chi connectivity index (χ2n) is 5.00. The summed E-state index contributed by atoms with van der Waals surface area (Å²) in [4.78, 5) is 5.43. The van der Waals surface area contributed by atoms with Crippen molar-refractivity contribution in [3.63, 3.8) is 0 Å². The van der Waals surface area contributed by atoms with Gasteiger partial charge in [0, 0.05) is 11.9 Å². The van der Waals surface area contributed by atoms with Crippen LogP contribution < -0.4 is 0 Å². The van der Waals surface area contributed by atoms with Crippen LogP contribution in [-0.4, -0.2) is 4.98 Å². The molecule has 3 rings (SSSR count). The molecule has 0 unspecified atom stereocenters. The average Bonchev–Trinajstić information content (AvgIpc) is 2.91. The molecule has 3 aromatic rings. The van der Waals surface area contributed by atoms with E-state index in [0.29, 0.717) is 0 Å². The summed E-state index contributed by atoms with van der Waals surface area (Å²) in [5.74, 6) is 0. The van der Waals surface area contributed by atoms with Gasteiger partial charge in [0.05, 0.1) is 0 Å². The molecule has 0 fully saturated rings. The fourth-order valence-corrected chi connectivity index (χ4v) is 2.90. The zero-order valence-corrected chi connectivity index (χ0v) is 16.4. The molecule has 2 aromatic heterocycles. The third kappa shape index (κ3) is 6.15. The number of allylic oxidation sites excluding steroid dienone is 3. The van der Waals surface area contributed by atoms with Crippen LogP contribution in [0.15, 0.2) is 65.9 Å². The van der Waals surface area contributed by atoms with Crippen molar-refractivity contribution in [2.24, 2.45) is 0 Å². The van der Waals surface area contributed by atoms with E-state index in [4.69, 9.17) is 6.58 Å². The number of aromatic nitrogens is 1. The molecular formula is C20H18IrNS. The van der Waals surface area contributed by atoms with Crippen LogP contribution in [0.3, 0.4) is 0 Å². The molecule has 0 spiro atoms. The summed E-state index contributed by atoms with van der Waals surface area (Å²) in [6, 6.07) is 17.6. The monoisotopic (exact) mass is 497 g/mol. The minimum atomic E-state index is 0. The zero-order valence-electron chi connectivity index (χ0n) is 13.2. The van der Waals surface area contributed by atoms with Crippen molar-refractivity contribution < 1.29 is 20.1 Å². The molecule has 0 aliphatic rings. The number of fused-ring (bicyclic) bond motifs is 1. The molecule has 2 heterocycles. The first-order valence-corrected chi connectivity index (χ1v) is 7.79. The topological polar surface area (TPSA) is 12.9 Å². The molecule has 1 aromatic carbocycles. The van der Waals surface area contributed by atoms with Gasteiger partial charge in [-0.05, 0) is 15.6 Å². The second-order valence-corrected chi connectivity index (χ2v) is 6.05. The minimum Gasteiger partial charge on any atom is -0.303 e. The molecule has 0 aliphatic carbocycles. The summed E-state index contributed by atoms with van der Waals surface area (Å²) >= 11 is 1.73. The maximum Gasteiger partial charge on any atom is 3.00 e. The van der Waals surface area contributed by atoms with Crippen molar-refractivity contribution in [2.45, 2.75) is 13.8 Å². The molecule has 0 N–H and O–H groups in total. The van der Waals surface area contributed by atoms with E-state index in [-0.39, 0.29) is 20.1 Å². The van der Waals surface area contributed by atoms with Gasteiger partial charge in [-0.1, -0.05) is 38.1 Å². The molecule has 0 radical (unpaired) electrons. The van der Waals surface area contributed by atoms with Gasteiger partial charge in [0.15, 0.2) is 0 Å². The number of rotatable bonds is 2. The summed E-state index contributed by atoms with van der Waals surface area (Å²) in [5, 5.41) is 1.17. The maximum absolute atomic E-state index is 5.29. The van der Waals surface area contributed by atoms with Crippen molar-refractivity contribution in [1.29, 1.82) is 0 Å². The van der Waals surface area contributed by atoms with Gasteiger partial charge in [-0.2, -0.15) is 0 Å². The van der Waals surface area contributed by atoms with E-state index in [1.54, 1.807) is 11.3 Å². The van der Waals surface area contributed by atoms with Crippen molar-refractivity contribution in [1.82, 2.24) is 4.98 Å². The summed E-state index contributed by atoms with van der Waals surface area (Å²) in [5.41, 5.74) is 2.81. The van der Waals surface area contributed by atoms with Crippen LogP contribution in [-0.2, 0) is 20.1 Å². The number of pyridine rings is 1. The third-order valence-electron chi connectivity index (χ3n) is 2.72. The Bertz CT molecular complexity index is 751. The number of hydrogen-bond acceptors (Lipinski definition) is 2. The van der Waals surface area contributed by atoms with E-state index >= 15 is 0 Å². The second kappa shape index (κ2) is 9.46. The molecular weight excluding hydrogens is 479 g/mol. The van der Waals surface area contributed by atoms with Crippen LogP contribution in [0.1, 0.15) is 13.8 Å². The van der Waals surface area contributed by atoms with E-state index in [9.17, 15) is 0 Å². The average molecular weight is 497 g/mol. The first-order chi connectivity index (χ1) is 10.6. The molecule has 3 heteroatoms. The van der Waals surface area contributed by atoms with Gasteiger partial charge in [0.2, 0.25) is 0 Å². The van der Waals surface area contributed by atoms with Crippen LogP contribution in [0.4, 0.5) is 0 Å². The molecule has 1 nitrogen and oxygen atoms in total. The zero-order chi connectivity index (χ0) is 15.9. The van der Waals surface area contributed by atoms with Crippen LogP contribution in [0.2, 0.25) is 0 Å². The van der Waals surface area contributed by atoms with Gasteiger partial charge < -0.3 is 4.98 Å². The Labute approximate surface area is 156 Å². The Balaban J connectivity index is 0.000000287. The van der Waals surface area contributed by atoms with Crippen molar-refractivity contribution >= 4 is 21.4 Å². The molecule has 0 saturated carbocycles. The Morgan fingerprint density at radius 2 is 1.87 bits per heavy atom. The number of hydrogen-bond donors (Lipinski definition) is 0. The maximum atomic E-state index is 5.29. The van der Waals surface area contributed by atoms with Gasteiger partial charge in [-0.3, -0.25) is 6.58 Å². The molecule has 23 heavy (non-hydrogen) atoms. The summed E-state index contributed by atoms with van der Waals surface area (Å²) in [6.07, 6.45) is 3.65. The van der Waals surface area contributed by atoms with Gasteiger partial charge in [0.25, 0.3) is 0 Å². The molecule has 0 amide bonds. The molecule has 118 valence electrons. The van der Waals surface area contributed by atoms with Crippen molar-refractivity contribution in [2.75, 3.05) is 0 Å². The fourth-order valence-electron chi connectivity index (χ4n) is 1.92. The molecule has 0 aliphatic heterocycles. The summed E-state index contributed by atoms with van der Waals surface area (Å²) in [6.45, 7) is 12.7. The van der Waals surface area contributed by atoms with Gasteiger partial charge >= 0.3 is 20.1 Å². The van der Waals surface area contributed by atoms with Crippen LogP contribution in [0.5, 0.6) is 0 Å². The Hall–Kier alpha value is -1.67. The Morgan fingerprint density at radius 1 is 1.17 bits per heavy atom. The van der Waals surface area contributed by atoms with E-state index in [2.05, 4.69) is 36.2 Å². The Kier molecular flexibility index (Phi) is 7.97. The van der Waals surface area contributed by atoms with E-state index < -0.39 is 0 Å². The minimum absolute atomic E-state index is 0. The van der Waals surface area contributed by atoms with E-state index in [0.717, 1.165) is 21.7 Å². The van der Waals surface area contributed by atoms with Crippen LogP contribution in [0, 0.1) is 19.6 Å². The SMILES string of the molecule is [CH-]=C(C)/C=C(\[CH2-])C.[Ir+3].[c-]1c(-c2ccccn2)sc2ccccc12. The van der Waals surface area contributed by atoms with Gasteiger partial charge in [0.1, 0.15) is 0 Å². The molecule has 0 bridgehead atoms. The van der Waals surface area contributed by atoms with E-state index in [1.807, 2.05) is 50.4 Å². The number of benzene rings is 1. The van der Waals surface area contributed by atoms with Crippen LogP contribution >= 0.6 is 11.3 Å². The van der Waals surface area contributed by atoms with Crippen molar-refractivity contribution in [3.8, 4) is 10.6 Å². The molecule has 0 saturated heterocycles. The largest absolute Gasteiger partial charge is 3.00 e. The first-order valence-electron chi connectivity index (χ1n) is 6.98. The normalized spacial score (nSPS) is 10.4. The van der Waals surface area contributed by atoms with E-state index in [1.165, 1.54) is 10.1 Å². The number of nitrogens with zero attached hydrogens (tertiary/aromatic N) is 1. The summed E-state index contributed by atoms with van der Waals surface area (Å²) < 4.78 is 1.26. The van der Waals surface area contributed by atoms with Gasteiger partial charge in [-0.25, -0.2) is 35.5 Å². The number of thiophene rings is 1. The molecule has 0 atom stereocenters. The predicted molar refractivity (Wildman–Crippen MR) is 96.5 cm³/mol. The fraction of sp³-hybridized carbons (Fsp3) is 0.100. The first kappa shape index (κ1) is 19.4.